The van der Waals surface area contributed by atoms with Gasteiger partial charge >= 0.3 is 5.69 Å². The summed E-state index contributed by atoms with van der Waals surface area (Å²) in [6.45, 7) is 1.05. The van der Waals surface area contributed by atoms with Gasteiger partial charge in [0.1, 0.15) is 5.75 Å². The highest BCUT2D eigenvalue weighted by atomic mass is 32.2. The van der Waals surface area contributed by atoms with Crippen LogP contribution in [-0.2, 0) is 14.8 Å². The first-order valence-corrected chi connectivity index (χ1v) is 9.02. The third-order valence-corrected chi connectivity index (χ3v) is 5.60. The minimum atomic E-state index is -3.81. The van der Waals surface area contributed by atoms with Crippen LogP contribution in [0.4, 0.5) is 5.69 Å². The Morgan fingerprint density at radius 3 is 2.40 bits per heavy atom. The van der Waals surface area contributed by atoms with E-state index >= 15 is 0 Å². The van der Waals surface area contributed by atoms with Crippen molar-refractivity contribution in [1.82, 2.24) is 4.31 Å². The SMILES string of the molecule is O=[N+]([O-])c1cc(S(=O)(=O)N2CCOCC2)ccc1Oc1ccccc1. The molecule has 1 aliphatic rings. The van der Waals surface area contributed by atoms with Gasteiger partial charge < -0.3 is 9.47 Å². The lowest BCUT2D eigenvalue weighted by molar-refractivity contribution is -0.385. The van der Waals surface area contributed by atoms with Gasteiger partial charge in [-0.15, -0.1) is 0 Å². The molecule has 0 saturated carbocycles. The monoisotopic (exact) mass is 364 g/mol. The maximum Gasteiger partial charge on any atom is 0.312 e. The lowest BCUT2D eigenvalue weighted by Gasteiger charge is -2.26. The molecule has 3 rings (SSSR count). The van der Waals surface area contributed by atoms with E-state index in [-0.39, 0.29) is 23.7 Å². The molecule has 0 amide bonds. The molecule has 0 radical (unpaired) electrons. The number of hydrogen-bond donors (Lipinski definition) is 0. The summed E-state index contributed by atoms with van der Waals surface area (Å²) in [5.74, 6) is 0.409. The smallest absolute Gasteiger partial charge is 0.312 e. The van der Waals surface area contributed by atoms with Crippen molar-refractivity contribution in [3.05, 3.63) is 58.6 Å². The topological polar surface area (TPSA) is 99.0 Å². The normalized spacial score (nSPS) is 15.7. The van der Waals surface area contributed by atoms with Crippen LogP contribution in [0.5, 0.6) is 11.5 Å². The van der Waals surface area contributed by atoms with Crippen molar-refractivity contribution in [2.75, 3.05) is 26.3 Å². The highest BCUT2D eigenvalue weighted by molar-refractivity contribution is 7.89. The Morgan fingerprint density at radius 1 is 1.08 bits per heavy atom. The average Bonchev–Trinajstić information content (AvgIpc) is 2.63. The molecule has 0 N–H and O–H groups in total. The van der Waals surface area contributed by atoms with Crippen LogP contribution in [0.1, 0.15) is 0 Å². The lowest BCUT2D eigenvalue weighted by atomic mass is 10.3. The predicted octanol–water partition coefficient (Wildman–Crippen LogP) is 2.41. The van der Waals surface area contributed by atoms with Gasteiger partial charge in [-0.1, -0.05) is 18.2 Å². The second-order valence-corrected chi connectivity index (χ2v) is 7.26. The lowest BCUT2D eigenvalue weighted by Crippen LogP contribution is -2.40. The first kappa shape index (κ1) is 17.3. The molecule has 1 aliphatic heterocycles. The van der Waals surface area contributed by atoms with E-state index in [0.29, 0.717) is 19.0 Å². The largest absolute Gasteiger partial charge is 0.450 e. The van der Waals surface area contributed by atoms with E-state index in [9.17, 15) is 18.5 Å². The maximum atomic E-state index is 12.6. The Labute approximate surface area is 144 Å². The number of nitro groups is 1. The zero-order valence-electron chi connectivity index (χ0n) is 13.2. The fraction of sp³-hybridized carbons (Fsp3) is 0.250. The van der Waals surface area contributed by atoms with E-state index in [4.69, 9.17) is 9.47 Å². The van der Waals surface area contributed by atoms with E-state index in [2.05, 4.69) is 0 Å². The number of nitrogens with zero attached hydrogens (tertiary/aromatic N) is 2. The molecular weight excluding hydrogens is 348 g/mol. The summed E-state index contributed by atoms with van der Waals surface area (Å²) < 4.78 is 37.2. The van der Waals surface area contributed by atoms with Gasteiger partial charge in [-0.2, -0.15) is 4.31 Å². The number of hydrogen-bond acceptors (Lipinski definition) is 6. The van der Waals surface area contributed by atoms with E-state index in [1.807, 2.05) is 0 Å². The van der Waals surface area contributed by atoms with Crippen molar-refractivity contribution in [2.24, 2.45) is 0 Å². The van der Waals surface area contributed by atoms with Crippen LogP contribution in [0.25, 0.3) is 0 Å². The van der Waals surface area contributed by atoms with Crippen molar-refractivity contribution >= 4 is 15.7 Å². The number of para-hydroxylation sites is 1. The highest BCUT2D eigenvalue weighted by Gasteiger charge is 2.29. The third-order valence-electron chi connectivity index (χ3n) is 3.71. The van der Waals surface area contributed by atoms with Gasteiger partial charge in [0.15, 0.2) is 0 Å². The van der Waals surface area contributed by atoms with Crippen LogP contribution in [0.3, 0.4) is 0 Å². The van der Waals surface area contributed by atoms with Gasteiger partial charge in [-0.3, -0.25) is 10.1 Å². The molecule has 0 spiro atoms. The molecule has 0 unspecified atom stereocenters. The minimum Gasteiger partial charge on any atom is -0.450 e. The number of nitro benzene ring substituents is 1. The minimum absolute atomic E-state index is 0.0165. The van der Waals surface area contributed by atoms with Crippen LogP contribution >= 0.6 is 0 Å². The molecule has 1 saturated heterocycles. The van der Waals surface area contributed by atoms with Crippen molar-refractivity contribution in [2.45, 2.75) is 4.90 Å². The van der Waals surface area contributed by atoms with Gasteiger partial charge in [0.05, 0.1) is 23.0 Å². The molecule has 2 aromatic rings. The number of morpholine rings is 1. The van der Waals surface area contributed by atoms with E-state index < -0.39 is 20.6 Å². The zero-order chi connectivity index (χ0) is 17.9. The standard InChI is InChI=1S/C16H16N2O6S/c19-18(20)15-12-14(25(21,22)17-8-10-23-11-9-17)6-7-16(15)24-13-4-2-1-3-5-13/h1-7,12H,8-11H2. The molecule has 1 fully saturated rings. The summed E-state index contributed by atoms with van der Waals surface area (Å²) in [7, 11) is -3.81. The van der Waals surface area contributed by atoms with E-state index in [0.717, 1.165) is 6.07 Å². The van der Waals surface area contributed by atoms with E-state index in [1.54, 1.807) is 30.3 Å². The number of sulfonamides is 1. The first-order valence-electron chi connectivity index (χ1n) is 7.58. The van der Waals surface area contributed by atoms with Crippen LogP contribution in [-0.4, -0.2) is 43.9 Å². The summed E-state index contributed by atoms with van der Waals surface area (Å²) in [5, 5.41) is 11.4. The highest BCUT2D eigenvalue weighted by Crippen LogP contribution is 2.34. The van der Waals surface area contributed by atoms with E-state index in [1.165, 1.54) is 16.4 Å². The third kappa shape index (κ3) is 3.78. The van der Waals surface area contributed by atoms with Crippen LogP contribution in [0.15, 0.2) is 53.4 Å². The number of rotatable bonds is 5. The van der Waals surface area contributed by atoms with Gasteiger partial charge in [0, 0.05) is 19.2 Å². The van der Waals surface area contributed by atoms with Crippen molar-refractivity contribution in [3.63, 3.8) is 0 Å². The Bertz CT molecular complexity index is 863. The summed E-state index contributed by atoms with van der Waals surface area (Å²) in [6, 6.07) is 12.2. The molecule has 8 nitrogen and oxygen atoms in total. The van der Waals surface area contributed by atoms with Crippen LogP contribution < -0.4 is 4.74 Å². The summed E-state index contributed by atoms with van der Waals surface area (Å²) in [4.78, 5) is 10.6. The molecule has 2 aromatic carbocycles. The maximum absolute atomic E-state index is 12.6. The van der Waals surface area contributed by atoms with Gasteiger partial charge in [-0.25, -0.2) is 8.42 Å². The molecule has 25 heavy (non-hydrogen) atoms. The number of benzene rings is 2. The predicted molar refractivity (Wildman–Crippen MR) is 89.2 cm³/mol. The molecule has 9 heteroatoms. The van der Waals surface area contributed by atoms with Crippen molar-refractivity contribution in [1.29, 1.82) is 0 Å². The number of ether oxygens (including phenoxy) is 2. The molecule has 0 bridgehead atoms. The van der Waals surface area contributed by atoms with Crippen LogP contribution in [0.2, 0.25) is 0 Å². The quantitative estimate of drug-likeness (QED) is 0.597. The van der Waals surface area contributed by atoms with Gasteiger partial charge in [0.2, 0.25) is 15.8 Å². The van der Waals surface area contributed by atoms with Crippen molar-refractivity contribution < 1.29 is 22.8 Å². The Morgan fingerprint density at radius 2 is 1.76 bits per heavy atom. The molecule has 132 valence electrons. The molecular formula is C16H16N2O6S. The fourth-order valence-electron chi connectivity index (χ4n) is 2.44. The van der Waals surface area contributed by atoms with Gasteiger partial charge in [0.25, 0.3) is 0 Å². The molecule has 0 atom stereocenters. The first-order chi connectivity index (χ1) is 12.0. The van der Waals surface area contributed by atoms with Crippen molar-refractivity contribution in [3.8, 4) is 11.5 Å². The average molecular weight is 364 g/mol. The van der Waals surface area contributed by atoms with Crippen LogP contribution in [0, 0.1) is 10.1 Å². The molecule has 1 heterocycles. The Balaban J connectivity index is 1.95. The molecule has 0 aromatic heterocycles. The summed E-state index contributed by atoms with van der Waals surface area (Å²) in [6.07, 6.45) is 0. The Hall–Kier alpha value is -2.49. The molecule has 0 aliphatic carbocycles. The van der Waals surface area contributed by atoms with Gasteiger partial charge in [-0.05, 0) is 24.3 Å². The second kappa shape index (κ2) is 7.18. The fourth-order valence-corrected chi connectivity index (χ4v) is 3.87. The second-order valence-electron chi connectivity index (χ2n) is 5.32. The Kier molecular flexibility index (Phi) is 4.98. The summed E-state index contributed by atoms with van der Waals surface area (Å²) in [5.41, 5.74) is -0.404. The summed E-state index contributed by atoms with van der Waals surface area (Å²) >= 11 is 0. The zero-order valence-corrected chi connectivity index (χ0v) is 14.0.